The highest BCUT2D eigenvalue weighted by Crippen LogP contribution is 2.35. The van der Waals surface area contributed by atoms with Gasteiger partial charge in [-0.1, -0.05) is 12.1 Å². The predicted octanol–water partition coefficient (Wildman–Crippen LogP) is 3.65. The van der Waals surface area contributed by atoms with Gasteiger partial charge >= 0.3 is 0 Å². The van der Waals surface area contributed by atoms with E-state index in [1.807, 2.05) is 6.07 Å². The maximum absolute atomic E-state index is 13.1. The van der Waals surface area contributed by atoms with E-state index in [4.69, 9.17) is 0 Å². The third-order valence-corrected chi connectivity index (χ3v) is 8.29. The first-order chi connectivity index (χ1) is 13.8. The molecule has 4 rings (SSSR count). The van der Waals surface area contributed by atoms with Crippen LogP contribution >= 0.6 is 23.7 Å². The molecule has 30 heavy (non-hydrogen) atoms. The number of hydrogen-bond acceptors (Lipinski definition) is 6. The average Bonchev–Trinajstić information content (AvgIpc) is 3.14. The van der Waals surface area contributed by atoms with Crippen molar-refractivity contribution in [1.29, 1.82) is 0 Å². The van der Waals surface area contributed by atoms with Crippen molar-refractivity contribution in [1.82, 2.24) is 14.6 Å². The van der Waals surface area contributed by atoms with Gasteiger partial charge in [-0.25, -0.2) is 22.5 Å². The topological polar surface area (TPSA) is 65.5 Å². The second-order valence-electron chi connectivity index (χ2n) is 7.30. The molecule has 0 amide bonds. The molecule has 1 aliphatic rings. The molecule has 3 aromatic rings. The summed E-state index contributed by atoms with van der Waals surface area (Å²) in [6, 6.07) is 8.91. The Bertz CT molecular complexity index is 1110. The predicted molar refractivity (Wildman–Crippen MR) is 122 cm³/mol. The quantitative estimate of drug-likeness (QED) is 0.616. The van der Waals surface area contributed by atoms with E-state index in [9.17, 15) is 12.8 Å². The van der Waals surface area contributed by atoms with Gasteiger partial charge in [0.15, 0.2) is 0 Å². The molecule has 1 aromatic carbocycles. The molecule has 1 unspecified atom stereocenters. The lowest BCUT2D eigenvalue weighted by atomic mass is 10.1. The summed E-state index contributed by atoms with van der Waals surface area (Å²) in [6.45, 7) is 5.37. The molecule has 1 fully saturated rings. The number of likely N-dealkylation sites (N-methyl/N-ethyl adjacent to an activating group) is 1. The molecule has 162 valence electrons. The van der Waals surface area contributed by atoms with E-state index in [-0.39, 0.29) is 22.4 Å². The van der Waals surface area contributed by atoms with Crippen LogP contribution in [0.4, 0.5) is 10.2 Å². The van der Waals surface area contributed by atoms with Crippen LogP contribution in [-0.2, 0) is 10.0 Å². The zero-order valence-electron chi connectivity index (χ0n) is 16.7. The summed E-state index contributed by atoms with van der Waals surface area (Å²) in [7, 11) is -1.62. The fraction of sp³-hybridized carbons (Fsp3) is 0.350. The molecule has 1 saturated heterocycles. The number of pyridine rings is 1. The smallest absolute Gasteiger partial charge is 0.250 e. The van der Waals surface area contributed by atoms with Crippen molar-refractivity contribution in [3.63, 3.8) is 0 Å². The Morgan fingerprint density at radius 2 is 1.80 bits per heavy atom. The number of aromatic nitrogens is 1. The number of nitrogens with one attached hydrogen (secondary N) is 1. The van der Waals surface area contributed by atoms with Gasteiger partial charge in [-0.2, -0.15) is 0 Å². The first-order valence-electron chi connectivity index (χ1n) is 9.43. The molecule has 1 atom stereocenters. The Labute approximate surface area is 186 Å². The van der Waals surface area contributed by atoms with E-state index < -0.39 is 16.1 Å². The molecule has 0 saturated carbocycles. The number of anilines is 1. The maximum atomic E-state index is 13.1. The third-order valence-electron chi connectivity index (χ3n) is 5.17. The lowest BCUT2D eigenvalue weighted by Crippen LogP contribution is -2.44. The molecule has 0 spiro atoms. The molecule has 6 nitrogen and oxygen atoms in total. The number of nitrogens with zero attached hydrogens (tertiary/aromatic N) is 3. The molecule has 1 aliphatic heterocycles. The van der Waals surface area contributed by atoms with Crippen LogP contribution in [-0.4, -0.2) is 51.5 Å². The highest BCUT2D eigenvalue weighted by molar-refractivity contribution is 7.91. The van der Waals surface area contributed by atoms with E-state index in [0.29, 0.717) is 5.56 Å². The number of benzene rings is 1. The second-order valence-corrected chi connectivity index (χ2v) is 10.3. The number of halogens is 2. The van der Waals surface area contributed by atoms with Crippen molar-refractivity contribution in [3.05, 3.63) is 54.0 Å². The van der Waals surface area contributed by atoms with Crippen LogP contribution in [0, 0.1) is 5.82 Å². The Morgan fingerprint density at radius 3 is 2.47 bits per heavy atom. The van der Waals surface area contributed by atoms with Gasteiger partial charge in [0, 0.05) is 48.5 Å². The lowest BCUT2D eigenvalue weighted by Gasteiger charge is -2.33. The fourth-order valence-corrected chi connectivity index (χ4v) is 6.06. The molecule has 3 heterocycles. The minimum Gasteiger partial charge on any atom is -0.354 e. The molecule has 10 heteroatoms. The van der Waals surface area contributed by atoms with E-state index in [2.05, 4.69) is 26.6 Å². The van der Waals surface area contributed by atoms with Crippen LogP contribution < -0.4 is 9.62 Å². The first kappa shape index (κ1) is 22.9. The Kier molecular flexibility index (Phi) is 6.98. The number of fused-ring (bicyclic) bond motifs is 1. The summed E-state index contributed by atoms with van der Waals surface area (Å²) < 4.78 is 42.9. The number of sulfonamides is 1. The van der Waals surface area contributed by atoms with Crippen molar-refractivity contribution in [2.24, 2.45) is 0 Å². The summed E-state index contributed by atoms with van der Waals surface area (Å²) in [5.41, 5.74) is 0.705. The van der Waals surface area contributed by atoms with Crippen molar-refractivity contribution >= 4 is 49.7 Å². The van der Waals surface area contributed by atoms with Crippen molar-refractivity contribution in [2.45, 2.75) is 17.2 Å². The largest absolute Gasteiger partial charge is 0.354 e. The summed E-state index contributed by atoms with van der Waals surface area (Å²) in [5, 5.41) is 0.858. The molecular weight excluding hydrogens is 447 g/mol. The molecule has 2 aromatic heterocycles. The lowest BCUT2D eigenvalue weighted by molar-refractivity contribution is 0.312. The summed E-state index contributed by atoms with van der Waals surface area (Å²) >= 11 is 1.24. The van der Waals surface area contributed by atoms with Crippen LogP contribution in [0.1, 0.15) is 18.5 Å². The number of thiophene rings is 1. The molecular formula is C20H24ClFN4O2S2. The zero-order chi connectivity index (χ0) is 20.6. The standard InChI is InChI=1S/C20H23FN4O2S2.ClH/c1-14(15-3-5-16(21)6-4-15)23-29(26,27)19-13-17-18(28-19)7-8-22-20(17)25-11-9-24(2)10-12-25;/h3-8,13-14,23H,9-12H2,1-2H3;1H. The van der Waals surface area contributed by atoms with Gasteiger partial charge in [0.05, 0.1) is 0 Å². The molecule has 0 radical (unpaired) electrons. The zero-order valence-corrected chi connectivity index (χ0v) is 19.2. The van der Waals surface area contributed by atoms with Gasteiger partial charge in [-0.05, 0) is 43.8 Å². The average molecular weight is 471 g/mol. The maximum Gasteiger partial charge on any atom is 0.250 e. The van der Waals surface area contributed by atoms with Crippen molar-refractivity contribution in [3.8, 4) is 0 Å². The van der Waals surface area contributed by atoms with Gasteiger partial charge < -0.3 is 9.80 Å². The van der Waals surface area contributed by atoms with Crippen LogP contribution in [0.2, 0.25) is 0 Å². The number of hydrogen-bond donors (Lipinski definition) is 1. The highest BCUT2D eigenvalue weighted by Gasteiger charge is 2.24. The van der Waals surface area contributed by atoms with E-state index in [0.717, 1.165) is 42.1 Å². The molecule has 0 bridgehead atoms. The molecule has 0 aliphatic carbocycles. The van der Waals surface area contributed by atoms with Gasteiger partial charge in [-0.3, -0.25) is 0 Å². The minimum absolute atomic E-state index is 0. The van der Waals surface area contributed by atoms with Crippen molar-refractivity contribution < 1.29 is 12.8 Å². The summed E-state index contributed by atoms with van der Waals surface area (Å²) in [6.07, 6.45) is 1.73. The number of piperazine rings is 1. The summed E-state index contributed by atoms with van der Waals surface area (Å²) in [4.78, 5) is 9.00. The monoisotopic (exact) mass is 470 g/mol. The van der Waals surface area contributed by atoms with Gasteiger partial charge in [-0.15, -0.1) is 23.7 Å². The Balaban J connectivity index is 0.00000256. The SMILES string of the molecule is CC(NS(=O)(=O)c1cc2c(N3CCN(C)CC3)nccc2s1)c1ccc(F)cc1.Cl. The number of rotatable bonds is 5. The van der Waals surface area contributed by atoms with E-state index >= 15 is 0 Å². The first-order valence-corrected chi connectivity index (χ1v) is 11.7. The Hall–Kier alpha value is -1.78. The van der Waals surface area contributed by atoms with Gasteiger partial charge in [0.1, 0.15) is 15.8 Å². The minimum atomic E-state index is -3.72. The van der Waals surface area contributed by atoms with E-state index in [1.54, 1.807) is 31.3 Å². The van der Waals surface area contributed by atoms with Crippen LogP contribution in [0.5, 0.6) is 0 Å². The summed E-state index contributed by atoms with van der Waals surface area (Å²) in [5.74, 6) is 0.483. The highest BCUT2D eigenvalue weighted by atomic mass is 35.5. The van der Waals surface area contributed by atoms with Crippen molar-refractivity contribution in [2.75, 3.05) is 38.1 Å². The third kappa shape index (κ3) is 4.76. The van der Waals surface area contributed by atoms with Crippen LogP contribution in [0.25, 0.3) is 10.1 Å². The Morgan fingerprint density at radius 1 is 1.13 bits per heavy atom. The van der Waals surface area contributed by atoms with Gasteiger partial charge in [0.25, 0.3) is 10.0 Å². The van der Waals surface area contributed by atoms with Crippen LogP contribution in [0.15, 0.2) is 46.8 Å². The van der Waals surface area contributed by atoms with Crippen LogP contribution in [0.3, 0.4) is 0 Å². The van der Waals surface area contributed by atoms with E-state index in [1.165, 1.54) is 23.5 Å². The molecule has 1 N–H and O–H groups in total. The fourth-order valence-electron chi connectivity index (χ4n) is 3.44. The van der Waals surface area contributed by atoms with Gasteiger partial charge in [0.2, 0.25) is 0 Å². The second kappa shape index (κ2) is 9.15. The normalized spacial score (nSPS) is 16.4.